The number of halogens is 1. The molecule has 0 aliphatic carbocycles. The Morgan fingerprint density at radius 2 is 1.83 bits per heavy atom. The van der Waals surface area contributed by atoms with Crippen molar-refractivity contribution in [2.45, 2.75) is 39.3 Å². The lowest BCUT2D eigenvalue weighted by molar-refractivity contribution is -0.132. The molecule has 5 heteroatoms. The number of nitrogens with zero attached hydrogens (tertiary/aromatic N) is 3. The largest absolute Gasteiger partial charge is 0.340 e. The SMILES string of the molecule is CCN(CC)C1CCN(CC(=O)N(C)Cc2ccccc2F)CC1. The summed E-state index contributed by atoms with van der Waals surface area (Å²) >= 11 is 0. The molecule has 1 aromatic rings. The van der Waals surface area contributed by atoms with E-state index in [9.17, 15) is 9.18 Å². The van der Waals surface area contributed by atoms with Crippen LogP contribution in [0.2, 0.25) is 0 Å². The third-order valence-electron chi connectivity index (χ3n) is 5.04. The predicted molar refractivity (Wildman–Crippen MR) is 95.3 cm³/mol. The topological polar surface area (TPSA) is 26.8 Å². The fourth-order valence-corrected chi connectivity index (χ4v) is 3.46. The number of amides is 1. The molecule has 1 fully saturated rings. The van der Waals surface area contributed by atoms with Gasteiger partial charge in [0.1, 0.15) is 5.82 Å². The number of hydrogen-bond acceptors (Lipinski definition) is 3. The average molecular weight is 335 g/mol. The van der Waals surface area contributed by atoms with Crippen molar-refractivity contribution in [3.63, 3.8) is 0 Å². The number of benzene rings is 1. The van der Waals surface area contributed by atoms with Crippen molar-refractivity contribution in [2.75, 3.05) is 39.8 Å². The summed E-state index contributed by atoms with van der Waals surface area (Å²) in [5.74, 6) is -0.197. The highest BCUT2D eigenvalue weighted by molar-refractivity contribution is 5.78. The molecule has 2 rings (SSSR count). The first kappa shape index (κ1) is 18.9. The lowest BCUT2D eigenvalue weighted by atomic mass is 10.0. The Morgan fingerprint density at radius 1 is 1.21 bits per heavy atom. The molecule has 1 amide bonds. The fraction of sp³-hybridized carbons (Fsp3) is 0.632. The van der Waals surface area contributed by atoms with Crippen LogP contribution in [0, 0.1) is 5.82 Å². The summed E-state index contributed by atoms with van der Waals surface area (Å²) in [5.41, 5.74) is 0.564. The summed E-state index contributed by atoms with van der Waals surface area (Å²) < 4.78 is 13.7. The molecule has 0 atom stereocenters. The third kappa shape index (κ3) is 5.02. The lowest BCUT2D eigenvalue weighted by Crippen LogP contribution is -2.47. The second-order valence-corrected chi connectivity index (χ2v) is 6.57. The number of likely N-dealkylation sites (N-methyl/N-ethyl adjacent to an activating group) is 1. The number of rotatable bonds is 7. The van der Waals surface area contributed by atoms with Gasteiger partial charge in [-0.25, -0.2) is 4.39 Å². The monoisotopic (exact) mass is 335 g/mol. The van der Waals surface area contributed by atoms with Gasteiger partial charge in [-0.05, 0) is 32.0 Å². The van der Waals surface area contributed by atoms with E-state index in [0.29, 0.717) is 24.7 Å². The van der Waals surface area contributed by atoms with Crippen molar-refractivity contribution >= 4 is 5.91 Å². The molecule has 0 radical (unpaired) electrons. The molecule has 0 aromatic heterocycles. The molecule has 4 nitrogen and oxygen atoms in total. The smallest absolute Gasteiger partial charge is 0.236 e. The maximum atomic E-state index is 13.7. The standard InChI is InChI=1S/C19H30FN3O/c1-4-23(5-2)17-10-12-22(13-11-17)15-19(24)21(3)14-16-8-6-7-9-18(16)20/h6-9,17H,4-5,10-15H2,1-3H3. The van der Waals surface area contributed by atoms with Crippen molar-refractivity contribution < 1.29 is 9.18 Å². The van der Waals surface area contributed by atoms with E-state index in [1.807, 2.05) is 0 Å². The molecule has 134 valence electrons. The van der Waals surface area contributed by atoms with Crippen LogP contribution in [0.15, 0.2) is 24.3 Å². The minimum atomic E-state index is -0.253. The number of likely N-dealkylation sites (tertiary alicyclic amines) is 1. The Hall–Kier alpha value is -1.46. The van der Waals surface area contributed by atoms with Crippen LogP contribution in [-0.4, -0.2) is 66.4 Å². The van der Waals surface area contributed by atoms with Gasteiger partial charge in [0.2, 0.25) is 5.91 Å². The van der Waals surface area contributed by atoms with Crippen LogP contribution in [0.1, 0.15) is 32.3 Å². The predicted octanol–water partition coefficient (Wildman–Crippen LogP) is 2.59. The first-order chi connectivity index (χ1) is 11.5. The highest BCUT2D eigenvalue weighted by Gasteiger charge is 2.24. The number of hydrogen-bond donors (Lipinski definition) is 0. The second kappa shape index (κ2) is 9.14. The number of carbonyl (C=O) groups is 1. The quantitative estimate of drug-likeness (QED) is 0.766. The molecular weight excluding hydrogens is 305 g/mol. The summed E-state index contributed by atoms with van der Waals surface area (Å²) in [6.45, 7) is 9.25. The molecule has 0 unspecified atom stereocenters. The molecule has 1 aromatic carbocycles. The molecule has 0 N–H and O–H groups in total. The molecule has 1 heterocycles. The van der Waals surface area contributed by atoms with Crippen molar-refractivity contribution in [1.29, 1.82) is 0 Å². The number of carbonyl (C=O) groups excluding carboxylic acids is 1. The van der Waals surface area contributed by atoms with Crippen LogP contribution >= 0.6 is 0 Å². The van der Waals surface area contributed by atoms with Crippen LogP contribution in [0.5, 0.6) is 0 Å². The minimum Gasteiger partial charge on any atom is -0.340 e. The Morgan fingerprint density at radius 3 is 2.42 bits per heavy atom. The Labute approximate surface area is 145 Å². The zero-order chi connectivity index (χ0) is 17.5. The van der Waals surface area contributed by atoms with Gasteiger partial charge in [-0.3, -0.25) is 9.69 Å². The van der Waals surface area contributed by atoms with E-state index >= 15 is 0 Å². The Balaban J connectivity index is 1.80. The van der Waals surface area contributed by atoms with E-state index in [0.717, 1.165) is 39.0 Å². The van der Waals surface area contributed by atoms with Gasteiger partial charge < -0.3 is 9.80 Å². The van der Waals surface area contributed by atoms with E-state index in [2.05, 4.69) is 23.6 Å². The first-order valence-electron chi connectivity index (χ1n) is 8.98. The maximum Gasteiger partial charge on any atom is 0.236 e. The van der Waals surface area contributed by atoms with E-state index < -0.39 is 0 Å². The minimum absolute atomic E-state index is 0.0551. The third-order valence-corrected chi connectivity index (χ3v) is 5.04. The fourth-order valence-electron chi connectivity index (χ4n) is 3.46. The van der Waals surface area contributed by atoms with E-state index in [1.165, 1.54) is 6.07 Å². The second-order valence-electron chi connectivity index (χ2n) is 6.57. The van der Waals surface area contributed by atoms with Gasteiger partial charge in [-0.1, -0.05) is 32.0 Å². The van der Waals surface area contributed by atoms with Crippen molar-refractivity contribution in [1.82, 2.24) is 14.7 Å². The van der Waals surface area contributed by atoms with Gasteiger partial charge in [0.15, 0.2) is 0 Å². The van der Waals surface area contributed by atoms with Gasteiger partial charge >= 0.3 is 0 Å². The van der Waals surface area contributed by atoms with Gasteiger partial charge in [-0.15, -0.1) is 0 Å². The summed E-state index contributed by atoms with van der Waals surface area (Å²) in [4.78, 5) is 18.8. The van der Waals surface area contributed by atoms with Crippen LogP contribution in [0.4, 0.5) is 4.39 Å². The van der Waals surface area contributed by atoms with Crippen molar-refractivity contribution in [3.05, 3.63) is 35.6 Å². The highest BCUT2D eigenvalue weighted by Crippen LogP contribution is 2.16. The molecule has 1 aliphatic heterocycles. The average Bonchev–Trinajstić information content (AvgIpc) is 2.59. The molecule has 0 bridgehead atoms. The van der Waals surface area contributed by atoms with Gasteiger partial charge in [0.25, 0.3) is 0 Å². The lowest BCUT2D eigenvalue weighted by Gasteiger charge is -2.37. The Bertz CT molecular complexity index is 525. The van der Waals surface area contributed by atoms with Gasteiger partial charge in [0, 0.05) is 38.3 Å². The zero-order valence-electron chi connectivity index (χ0n) is 15.2. The normalized spacial score (nSPS) is 16.5. The summed E-state index contributed by atoms with van der Waals surface area (Å²) in [6.07, 6.45) is 2.23. The molecule has 0 spiro atoms. The molecule has 1 aliphatic rings. The van der Waals surface area contributed by atoms with Crippen molar-refractivity contribution in [2.24, 2.45) is 0 Å². The summed E-state index contributed by atoms with van der Waals surface area (Å²) in [7, 11) is 1.75. The van der Waals surface area contributed by atoms with Crippen LogP contribution in [0.25, 0.3) is 0 Å². The van der Waals surface area contributed by atoms with Crippen molar-refractivity contribution in [3.8, 4) is 0 Å². The van der Waals surface area contributed by atoms with Crippen LogP contribution in [0.3, 0.4) is 0 Å². The zero-order valence-corrected chi connectivity index (χ0v) is 15.2. The molecule has 0 saturated carbocycles. The summed E-state index contributed by atoms with van der Waals surface area (Å²) in [6, 6.07) is 7.28. The van der Waals surface area contributed by atoms with E-state index in [1.54, 1.807) is 30.1 Å². The first-order valence-corrected chi connectivity index (χ1v) is 8.98. The summed E-state index contributed by atoms with van der Waals surface area (Å²) in [5, 5.41) is 0. The van der Waals surface area contributed by atoms with Crippen LogP contribution < -0.4 is 0 Å². The van der Waals surface area contributed by atoms with E-state index in [4.69, 9.17) is 0 Å². The van der Waals surface area contributed by atoms with E-state index in [-0.39, 0.29) is 11.7 Å². The maximum absolute atomic E-state index is 13.7. The molecule has 24 heavy (non-hydrogen) atoms. The Kier molecular flexibility index (Phi) is 7.18. The highest BCUT2D eigenvalue weighted by atomic mass is 19.1. The number of piperidine rings is 1. The van der Waals surface area contributed by atoms with Gasteiger partial charge in [-0.2, -0.15) is 0 Å². The van der Waals surface area contributed by atoms with Crippen LogP contribution in [-0.2, 0) is 11.3 Å². The molecule has 1 saturated heterocycles. The van der Waals surface area contributed by atoms with Gasteiger partial charge in [0.05, 0.1) is 6.54 Å². The molecular formula is C19H30FN3O.